The number of thiophene rings is 1. The first-order valence-corrected chi connectivity index (χ1v) is 13.5. The van der Waals surface area contributed by atoms with Crippen molar-refractivity contribution >= 4 is 28.9 Å². The normalized spacial score (nSPS) is 18.1. The molecule has 200 valence electrons. The predicted octanol–water partition coefficient (Wildman–Crippen LogP) is 3.26. The molecule has 2 aromatic rings. The highest BCUT2D eigenvalue weighted by Gasteiger charge is 2.36. The van der Waals surface area contributed by atoms with E-state index in [0.717, 1.165) is 29.2 Å². The quantitative estimate of drug-likeness (QED) is 0.471. The minimum absolute atomic E-state index is 0.0364. The fourth-order valence-electron chi connectivity index (χ4n) is 4.63. The molecule has 2 aliphatic heterocycles. The summed E-state index contributed by atoms with van der Waals surface area (Å²) in [5.74, 6) is 0.857. The van der Waals surface area contributed by atoms with E-state index in [2.05, 4.69) is 4.90 Å². The third kappa shape index (κ3) is 6.49. The van der Waals surface area contributed by atoms with E-state index in [1.807, 2.05) is 49.6 Å². The van der Waals surface area contributed by atoms with Crippen LogP contribution in [0.1, 0.15) is 36.8 Å². The Morgan fingerprint density at radius 2 is 1.97 bits per heavy atom. The van der Waals surface area contributed by atoms with Gasteiger partial charge < -0.3 is 19.1 Å². The Balaban J connectivity index is 1.59. The molecule has 4 rings (SSSR count). The molecule has 9 nitrogen and oxygen atoms in total. The maximum atomic E-state index is 13.8. The number of morpholine rings is 1. The molecule has 0 saturated carbocycles. The summed E-state index contributed by atoms with van der Waals surface area (Å²) in [7, 11) is 3.22. The maximum Gasteiger partial charge on any atom is 0.262 e. The van der Waals surface area contributed by atoms with Gasteiger partial charge in [-0.15, -0.1) is 11.3 Å². The summed E-state index contributed by atoms with van der Waals surface area (Å²) in [6.45, 7) is 7.90. The van der Waals surface area contributed by atoms with Gasteiger partial charge >= 0.3 is 0 Å². The van der Waals surface area contributed by atoms with Crippen molar-refractivity contribution in [1.82, 2.24) is 14.8 Å². The maximum absolute atomic E-state index is 13.8. The molecule has 1 saturated heterocycles. The Kier molecular flexibility index (Phi) is 9.18. The van der Waals surface area contributed by atoms with E-state index in [9.17, 15) is 9.59 Å². The molecule has 0 unspecified atom stereocenters. The zero-order valence-corrected chi connectivity index (χ0v) is 22.8. The smallest absolute Gasteiger partial charge is 0.262 e. The molecule has 10 heteroatoms. The topological polar surface area (TPSA) is 83.9 Å². The second-order valence-corrected chi connectivity index (χ2v) is 10.4. The van der Waals surface area contributed by atoms with Gasteiger partial charge in [0.15, 0.2) is 0 Å². The number of nitrogens with zero attached hydrogens (tertiary/aromatic N) is 4. The van der Waals surface area contributed by atoms with E-state index in [1.165, 1.54) is 5.01 Å². The highest BCUT2D eigenvalue weighted by molar-refractivity contribution is 7.12. The molecular weight excluding hydrogens is 492 g/mol. The van der Waals surface area contributed by atoms with Gasteiger partial charge in [0.05, 0.1) is 44.1 Å². The standard InChI is InChI=1S/C27H36N4O5S/c1-19(2)27(33)30(10-9-29-11-13-36-14-12-29)18-26(32)31-23(17-22(28-31)25-6-5-15-37-25)21-16-20(34-3)7-8-24(21)35-4/h5-8,15-16,19,23H,9-14,17-18H2,1-4H3/t23-/m1/s1. The number of methoxy groups -OCH3 is 2. The van der Waals surface area contributed by atoms with E-state index >= 15 is 0 Å². The highest BCUT2D eigenvalue weighted by Crippen LogP contribution is 2.39. The van der Waals surface area contributed by atoms with E-state index in [4.69, 9.17) is 19.3 Å². The number of benzene rings is 1. The van der Waals surface area contributed by atoms with Crippen molar-refractivity contribution in [3.63, 3.8) is 0 Å². The van der Waals surface area contributed by atoms with E-state index in [1.54, 1.807) is 30.5 Å². The Labute approximate surface area is 222 Å². The molecule has 0 bridgehead atoms. The van der Waals surface area contributed by atoms with Crippen molar-refractivity contribution < 1.29 is 23.8 Å². The van der Waals surface area contributed by atoms with Crippen molar-refractivity contribution in [2.45, 2.75) is 26.3 Å². The Morgan fingerprint density at radius 1 is 1.19 bits per heavy atom. The molecule has 1 aromatic carbocycles. The van der Waals surface area contributed by atoms with Crippen LogP contribution < -0.4 is 9.47 Å². The molecule has 37 heavy (non-hydrogen) atoms. The first-order chi connectivity index (χ1) is 17.9. The van der Waals surface area contributed by atoms with E-state index in [-0.39, 0.29) is 30.3 Å². The van der Waals surface area contributed by atoms with Gasteiger partial charge in [0, 0.05) is 44.1 Å². The van der Waals surface area contributed by atoms with Gasteiger partial charge in [-0.05, 0) is 29.6 Å². The molecule has 0 spiro atoms. The van der Waals surface area contributed by atoms with Gasteiger partial charge in [0.2, 0.25) is 5.91 Å². The second-order valence-electron chi connectivity index (χ2n) is 9.46. The zero-order chi connectivity index (χ0) is 26.4. The van der Waals surface area contributed by atoms with Crippen molar-refractivity contribution in [2.75, 3.05) is 60.2 Å². The summed E-state index contributed by atoms with van der Waals surface area (Å²) < 4.78 is 16.5. The highest BCUT2D eigenvalue weighted by atomic mass is 32.1. The molecule has 0 radical (unpaired) electrons. The third-order valence-corrected chi connectivity index (χ3v) is 7.61. The minimum Gasteiger partial charge on any atom is -0.497 e. The summed E-state index contributed by atoms with van der Waals surface area (Å²) in [6, 6.07) is 9.18. The van der Waals surface area contributed by atoms with Gasteiger partial charge in [0.25, 0.3) is 5.91 Å². The van der Waals surface area contributed by atoms with Gasteiger partial charge in [-0.25, -0.2) is 5.01 Å². The zero-order valence-electron chi connectivity index (χ0n) is 22.0. The fourth-order valence-corrected chi connectivity index (χ4v) is 5.35. The van der Waals surface area contributed by atoms with Crippen molar-refractivity contribution in [3.8, 4) is 11.5 Å². The lowest BCUT2D eigenvalue weighted by Gasteiger charge is -2.32. The number of carbonyl (C=O) groups is 2. The molecule has 0 aliphatic carbocycles. The van der Waals surface area contributed by atoms with Crippen molar-refractivity contribution in [2.24, 2.45) is 11.0 Å². The van der Waals surface area contributed by atoms with Crippen LogP contribution in [0.25, 0.3) is 0 Å². The van der Waals surface area contributed by atoms with Crippen LogP contribution in [-0.2, 0) is 14.3 Å². The lowest BCUT2D eigenvalue weighted by atomic mass is 9.99. The molecular formula is C27H36N4O5S. The number of hydrogen-bond donors (Lipinski definition) is 0. The summed E-state index contributed by atoms with van der Waals surface area (Å²) in [5.41, 5.74) is 1.66. The van der Waals surface area contributed by atoms with Crippen LogP contribution in [0.2, 0.25) is 0 Å². The Hall–Kier alpha value is -2.95. The number of ether oxygens (including phenoxy) is 3. The van der Waals surface area contributed by atoms with Crippen molar-refractivity contribution in [1.29, 1.82) is 0 Å². The van der Waals surface area contributed by atoms with Crippen LogP contribution in [0.3, 0.4) is 0 Å². The van der Waals surface area contributed by atoms with Crippen molar-refractivity contribution in [3.05, 3.63) is 46.2 Å². The number of hydrogen-bond acceptors (Lipinski definition) is 8. The molecule has 1 aromatic heterocycles. The Bertz CT molecular complexity index is 1100. The van der Waals surface area contributed by atoms with Gasteiger partial charge in [-0.1, -0.05) is 19.9 Å². The van der Waals surface area contributed by atoms with Crippen LogP contribution >= 0.6 is 11.3 Å². The molecule has 2 amide bonds. The molecule has 3 heterocycles. The lowest BCUT2D eigenvalue weighted by molar-refractivity contribution is -0.143. The molecule has 1 atom stereocenters. The number of amides is 2. The summed E-state index contributed by atoms with van der Waals surface area (Å²) in [4.78, 5) is 31.9. The molecule has 1 fully saturated rings. The molecule has 0 N–H and O–H groups in total. The van der Waals surface area contributed by atoms with E-state index in [0.29, 0.717) is 44.2 Å². The fraction of sp³-hybridized carbons (Fsp3) is 0.519. The SMILES string of the molecule is COc1ccc(OC)c([C@H]2CC(c3cccs3)=NN2C(=O)CN(CCN2CCOCC2)C(=O)C(C)C)c1. The number of carbonyl (C=O) groups excluding carboxylic acids is 2. The summed E-state index contributed by atoms with van der Waals surface area (Å²) in [5, 5.41) is 8.30. The largest absolute Gasteiger partial charge is 0.497 e. The minimum atomic E-state index is -0.370. The van der Waals surface area contributed by atoms with Crippen LogP contribution in [-0.4, -0.2) is 92.5 Å². The summed E-state index contributed by atoms with van der Waals surface area (Å²) >= 11 is 1.59. The van der Waals surface area contributed by atoms with Crippen LogP contribution in [0.4, 0.5) is 0 Å². The third-order valence-electron chi connectivity index (χ3n) is 6.69. The molecule has 2 aliphatic rings. The monoisotopic (exact) mass is 528 g/mol. The average Bonchev–Trinajstić information content (AvgIpc) is 3.61. The lowest BCUT2D eigenvalue weighted by Crippen LogP contribution is -2.47. The first-order valence-electron chi connectivity index (χ1n) is 12.7. The first kappa shape index (κ1) is 27.1. The van der Waals surface area contributed by atoms with Gasteiger partial charge in [-0.2, -0.15) is 5.10 Å². The van der Waals surface area contributed by atoms with Gasteiger partial charge in [-0.3, -0.25) is 14.5 Å². The summed E-state index contributed by atoms with van der Waals surface area (Å²) in [6.07, 6.45) is 0.543. The second kappa shape index (κ2) is 12.5. The van der Waals surface area contributed by atoms with Crippen LogP contribution in [0, 0.1) is 5.92 Å². The predicted molar refractivity (Wildman–Crippen MR) is 143 cm³/mol. The van der Waals surface area contributed by atoms with Gasteiger partial charge in [0.1, 0.15) is 18.0 Å². The average molecular weight is 529 g/mol. The van der Waals surface area contributed by atoms with Crippen LogP contribution in [0.15, 0.2) is 40.8 Å². The number of rotatable bonds is 10. The van der Waals surface area contributed by atoms with E-state index < -0.39 is 0 Å². The van der Waals surface area contributed by atoms with Crippen LogP contribution in [0.5, 0.6) is 11.5 Å². The Morgan fingerprint density at radius 3 is 2.62 bits per heavy atom. The number of hydrazone groups is 1.